The Bertz CT molecular complexity index is 836. The number of carbonyl (C=O) groups excluding carboxylic acids is 1. The van der Waals surface area contributed by atoms with E-state index in [0.29, 0.717) is 30.5 Å². The molecule has 1 aromatic carbocycles. The molecule has 7 heteroatoms. The molecule has 7 nitrogen and oxygen atoms in total. The summed E-state index contributed by atoms with van der Waals surface area (Å²) in [5.41, 5.74) is 0.561. The fraction of sp³-hybridized carbons (Fsp3) is 0.500. The van der Waals surface area contributed by atoms with E-state index in [2.05, 4.69) is 10.1 Å². The average Bonchev–Trinajstić information content (AvgIpc) is 3.17. The molecule has 0 aliphatic heterocycles. The van der Waals surface area contributed by atoms with Gasteiger partial charge in [-0.1, -0.05) is 38.9 Å². The summed E-state index contributed by atoms with van der Waals surface area (Å²) in [6, 6.07) is 5.52. The van der Waals surface area contributed by atoms with Crippen molar-refractivity contribution in [3.63, 3.8) is 0 Å². The normalized spacial score (nSPS) is 12.8. The standard InChI is InChI=1S/C22H30N2O5/c1-7-13-27-17-11-9-16(14-18(17)26-8-2)10-12-19(25)28-15(3)20-23-21(24-29-20)22(4,5)6/h9-12,14-15H,7-8,13H2,1-6H3/b12-10+. The van der Waals surface area contributed by atoms with E-state index in [1.54, 1.807) is 13.0 Å². The first-order chi connectivity index (χ1) is 13.7. The lowest BCUT2D eigenvalue weighted by molar-refractivity contribution is -0.143. The highest BCUT2D eigenvalue weighted by Gasteiger charge is 2.24. The van der Waals surface area contributed by atoms with Crippen LogP contribution in [-0.2, 0) is 14.9 Å². The van der Waals surface area contributed by atoms with Crippen LogP contribution in [0, 0.1) is 0 Å². The van der Waals surface area contributed by atoms with Gasteiger partial charge in [0, 0.05) is 11.5 Å². The van der Waals surface area contributed by atoms with Crippen molar-refractivity contribution in [2.75, 3.05) is 13.2 Å². The Morgan fingerprint density at radius 3 is 2.59 bits per heavy atom. The van der Waals surface area contributed by atoms with Crippen LogP contribution in [0.1, 0.15) is 71.3 Å². The average molecular weight is 402 g/mol. The Morgan fingerprint density at radius 1 is 1.21 bits per heavy atom. The molecule has 0 amide bonds. The maximum atomic E-state index is 12.2. The van der Waals surface area contributed by atoms with Crippen molar-refractivity contribution in [2.24, 2.45) is 0 Å². The van der Waals surface area contributed by atoms with Gasteiger partial charge in [-0.2, -0.15) is 4.98 Å². The molecule has 0 spiro atoms. The van der Waals surface area contributed by atoms with Crippen LogP contribution < -0.4 is 9.47 Å². The smallest absolute Gasteiger partial charge is 0.331 e. The first kappa shape index (κ1) is 22.5. The van der Waals surface area contributed by atoms with E-state index in [-0.39, 0.29) is 11.3 Å². The lowest BCUT2D eigenvalue weighted by Crippen LogP contribution is -2.14. The van der Waals surface area contributed by atoms with Gasteiger partial charge in [-0.3, -0.25) is 0 Å². The Labute approximate surface area is 172 Å². The Morgan fingerprint density at radius 2 is 1.97 bits per heavy atom. The SMILES string of the molecule is CCCOc1ccc(/C=C/C(=O)OC(C)c2nc(C(C)(C)C)no2)cc1OCC. The molecule has 0 saturated carbocycles. The monoisotopic (exact) mass is 402 g/mol. The third kappa shape index (κ3) is 6.62. The van der Waals surface area contributed by atoms with E-state index in [1.807, 2.05) is 52.8 Å². The van der Waals surface area contributed by atoms with Crippen molar-refractivity contribution in [1.29, 1.82) is 0 Å². The highest BCUT2D eigenvalue weighted by Crippen LogP contribution is 2.29. The Kier molecular flexibility index (Phi) is 7.82. The van der Waals surface area contributed by atoms with Crippen LogP contribution in [0.15, 0.2) is 28.8 Å². The summed E-state index contributed by atoms with van der Waals surface area (Å²) < 4.78 is 21.9. The zero-order chi connectivity index (χ0) is 21.4. The zero-order valence-corrected chi connectivity index (χ0v) is 18.0. The second-order valence-electron chi connectivity index (χ2n) is 7.61. The third-order valence-corrected chi connectivity index (χ3v) is 3.89. The van der Waals surface area contributed by atoms with Crippen molar-refractivity contribution < 1.29 is 23.5 Å². The zero-order valence-electron chi connectivity index (χ0n) is 18.0. The minimum absolute atomic E-state index is 0.239. The van der Waals surface area contributed by atoms with Crippen molar-refractivity contribution in [3.05, 3.63) is 41.6 Å². The van der Waals surface area contributed by atoms with Gasteiger partial charge in [-0.25, -0.2) is 4.79 Å². The molecule has 2 rings (SSSR count). The number of ether oxygens (including phenoxy) is 3. The van der Waals surface area contributed by atoms with Gasteiger partial charge in [0.2, 0.25) is 0 Å². The Hall–Kier alpha value is -2.83. The topological polar surface area (TPSA) is 83.7 Å². The fourth-order valence-electron chi connectivity index (χ4n) is 2.36. The second-order valence-corrected chi connectivity index (χ2v) is 7.61. The first-order valence-electron chi connectivity index (χ1n) is 9.87. The van der Waals surface area contributed by atoms with Crippen LogP contribution in [0.4, 0.5) is 0 Å². The largest absolute Gasteiger partial charge is 0.490 e. The first-order valence-corrected chi connectivity index (χ1v) is 9.87. The van der Waals surface area contributed by atoms with Crippen molar-refractivity contribution >= 4 is 12.0 Å². The number of esters is 1. The number of carbonyl (C=O) groups is 1. The number of rotatable bonds is 9. The maximum absolute atomic E-state index is 12.2. The number of aromatic nitrogens is 2. The predicted octanol–water partition coefficient (Wildman–Crippen LogP) is 4.87. The molecule has 1 aromatic heterocycles. The number of nitrogens with zero attached hydrogens (tertiary/aromatic N) is 2. The summed E-state index contributed by atoms with van der Waals surface area (Å²) in [5.74, 6) is 1.67. The van der Waals surface area contributed by atoms with Crippen LogP contribution in [-0.4, -0.2) is 29.3 Å². The van der Waals surface area contributed by atoms with Crippen molar-refractivity contribution in [1.82, 2.24) is 10.1 Å². The molecule has 0 aliphatic rings. The molecule has 0 bridgehead atoms. The molecule has 1 unspecified atom stereocenters. The molecule has 1 atom stereocenters. The predicted molar refractivity (Wildman–Crippen MR) is 110 cm³/mol. The van der Waals surface area contributed by atoms with Crippen LogP contribution in [0.2, 0.25) is 0 Å². The fourth-order valence-corrected chi connectivity index (χ4v) is 2.36. The molecule has 0 saturated heterocycles. The van der Waals surface area contributed by atoms with Crippen LogP contribution >= 0.6 is 0 Å². The molecule has 1 heterocycles. The summed E-state index contributed by atoms with van der Waals surface area (Å²) in [7, 11) is 0. The van der Waals surface area contributed by atoms with Crippen molar-refractivity contribution in [3.8, 4) is 11.5 Å². The third-order valence-electron chi connectivity index (χ3n) is 3.89. The summed E-state index contributed by atoms with van der Waals surface area (Å²) in [5, 5.41) is 3.94. The molecule has 0 radical (unpaired) electrons. The van der Waals surface area contributed by atoms with Gasteiger partial charge in [0.05, 0.1) is 13.2 Å². The van der Waals surface area contributed by atoms with Gasteiger partial charge in [0.25, 0.3) is 5.89 Å². The van der Waals surface area contributed by atoms with Gasteiger partial charge in [-0.05, 0) is 44.0 Å². The molecular formula is C22H30N2O5. The van der Waals surface area contributed by atoms with Gasteiger partial charge < -0.3 is 18.7 Å². The van der Waals surface area contributed by atoms with Crippen LogP contribution in [0.25, 0.3) is 6.08 Å². The summed E-state index contributed by atoms with van der Waals surface area (Å²) in [6.07, 6.45) is 3.29. The minimum atomic E-state index is -0.639. The molecule has 158 valence electrons. The van der Waals surface area contributed by atoms with Gasteiger partial charge in [-0.15, -0.1) is 0 Å². The summed E-state index contributed by atoms with van der Waals surface area (Å²) >= 11 is 0. The van der Waals surface area contributed by atoms with Gasteiger partial charge >= 0.3 is 5.97 Å². The molecule has 0 N–H and O–H groups in total. The molecule has 0 fully saturated rings. The van der Waals surface area contributed by atoms with E-state index in [9.17, 15) is 4.79 Å². The van der Waals surface area contributed by atoms with Gasteiger partial charge in [0.15, 0.2) is 23.4 Å². The number of benzene rings is 1. The highest BCUT2D eigenvalue weighted by atomic mass is 16.6. The van der Waals surface area contributed by atoms with Gasteiger partial charge in [0.1, 0.15) is 0 Å². The number of hydrogen-bond acceptors (Lipinski definition) is 7. The van der Waals surface area contributed by atoms with Crippen LogP contribution in [0.5, 0.6) is 11.5 Å². The van der Waals surface area contributed by atoms with E-state index >= 15 is 0 Å². The molecule has 0 aliphatic carbocycles. The minimum Gasteiger partial charge on any atom is -0.490 e. The number of hydrogen-bond donors (Lipinski definition) is 0. The van der Waals surface area contributed by atoms with Crippen molar-refractivity contribution in [2.45, 2.75) is 59.5 Å². The molecule has 2 aromatic rings. The second kappa shape index (κ2) is 10.1. The van der Waals surface area contributed by atoms with E-state index in [0.717, 1.165) is 12.0 Å². The quantitative estimate of drug-likeness (QED) is 0.437. The van der Waals surface area contributed by atoms with E-state index in [4.69, 9.17) is 18.7 Å². The molecule has 29 heavy (non-hydrogen) atoms. The lowest BCUT2D eigenvalue weighted by atomic mass is 9.96. The summed E-state index contributed by atoms with van der Waals surface area (Å²) in [4.78, 5) is 16.5. The molecular weight excluding hydrogens is 372 g/mol. The van der Waals surface area contributed by atoms with E-state index in [1.165, 1.54) is 6.08 Å². The Balaban J connectivity index is 2.02. The lowest BCUT2D eigenvalue weighted by Gasteiger charge is -2.12. The summed E-state index contributed by atoms with van der Waals surface area (Å²) in [6.45, 7) is 12.7. The highest BCUT2D eigenvalue weighted by molar-refractivity contribution is 5.87. The van der Waals surface area contributed by atoms with E-state index < -0.39 is 12.1 Å². The van der Waals surface area contributed by atoms with Crippen LogP contribution in [0.3, 0.4) is 0 Å². The maximum Gasteiger partial charge on any atom is 0.331 e.